The zero-order valence-corrected chi connectivity index (χ0v) is 14.6. The van der Waals surface area contributed by atoms with E-state index in [0.717, 1.165) is 44.9 Å². The lowest BCUT2D eigenvalue weighted by Gasteiger charge is -2.34. The fourth-order valence-electron chi connectivity index (χ4n) is 2.71. The molecule has 1 aromatic carbocycles. The van der Waals surface area contributed by atoms with Crippen LogP contribution in [0.4, 0.5) is 9.93 Å². The fraction of sp³-hybridized carbons (Fsp3) is 0.412. The second-order valence-corrected chi connectivity index (χ2v) is 6.59. The van der Waals surface area contributed by atoms with Crippen LogP contribution in [0.3, 0.4) is 0 Å². The van der Waals surface area contributed by atoms with Crippen molar-refractivity contribution in [2.24, 2.45) is 0 Å². The zero-order chi connectivity index (χ0) is 16.8. The Morgan fingerprint density at radius 2 is 2.00 bits per heavy atom. The van der Waals surface area contributed by atoms with Gasteiger partial charge >= 0.3 is 6.03 Å². The van der Waals surface area contributed by atoms with Gasteiger partial charge in [0, 0.05) is 44.3 Å². The van der Waals surface area contributed by atoms with Gasteiger partial charge in [-0.15, -0.1) is 11.3 Å². The lowest BCUT2D eigenvalue weighted by Crippen LogP contribution is -2.50. The van der Waals surface area contributed by atoms with E-state index >= 15 is 0 Å². The van der Waals surface area contributed by atoms with E-state index in [1.807, 2.05) is 22.4 Å². The molecule has 0 radical (unpaired) electrons. The second-order valence-electron chi connectivity index (χ2n) is 5.69. The first-order valence-corrected chi connectivity index (χ1v) is 8.93. The maximum atomic E-state index is 12.2. The molecule has 7 heteroatoms. The maximum absolute atomic E-state index is 12.2. The number of benzene rings is 1. The molecule has 1 fully saturated rings. The van der Waals surface area contributed by atoms with Gasteiger partial charge in [0.25, 0.3) is 0 Å². The molecule has 3 rings (SSSR count). The average molecular weight is 346 g/mol. The van der Waals surface area contributed by atoms with Gasteiger partial charge < -0.3 is 9.64 Å². The van der Waals surface area contributed by atoms with Crippen molar-refractivity contribution in [1.29, 1.82) is 0 Å². The van der Waals surface area contributed by atoms with E-state index in [2.05, 4.69) is 27.3 Å². The van der Waals surface area contributed by atoms with Crippen LogP contribution in [0.15, 0.2) is 35.8 Å². The van der Waals surface area contributed by atoms with Crippen LogP contribution >= 0.6 is 11.3 Å². The summed E-state index contributed by atoms with van der Waals surface area (Å²) in [7, 11) is 1.68. The number of hydrogen-bond acceptors (Lipinski definition) is 5. The Bertz CT molecular complexity index is 637. The largest absolute Gasteiger partial charge is 0.497 e. The van der Waals surface area contributed by atoms with Crippen LogP contribution in [0.2, 0.25) is 0 Å². The minimum Gasteiger partial charge on any atom is -0.497 e. The third-order valence-electron chi connectivity index (χ3n) is 4.18. The molecule has 1 saturated heterocycles. The average Bonchev–Trinajstić information content (AvgIpc) is 3.14. The monoisotopic (exact) mass is 346 g/mol. The molecule has 128 valence electrons. The van der Waals surface area contributed by atoms with Crippen LogP contribution in [0.1, 0.15) is 5.56 Å². The van der Waals surface area contributed by atoms with Crippen molar-refractivity contribution in [2.45, 2.75) is 6.42 Å². The molecule has 0 spiro atoms. The highest BCUT2D eigenvalue weighted by molar-refractivity contribution is 7.13. The number of anilines is 1. The van der Waals surface area contributed by atoms with Crippen molar-refractivity contribution in [3.8, 4) is 5.75 Å². The molecular formula is C17H22N4O2S. The molecule has 0 saturated carbocycles. The van der Waals surface area contributed by atoms with Crippen molar-refractivity contribution in [3.63, 3.8) is 0 Å². The summed E-state index contributed by atoms with van der Waals surface area (Å²) >= 11 is 1.44. The van der Waals surface area contributed by atoms with Gasteiger partial charge in [-0.05, 0) is 24.1 Å². The van der Waals surface area contributed by atoms with Gasteiger partial charge in [0.15, 0.2) is 5.13 Å². The first kappa shape index (κ1) is 16.7. The summed E-state index contributed by atoms with van der Waals surface area (Å²) < 4.78 is 5.18. The predicted octanol–water partition coefficient (Wildman–Crippen LogP) is 2.54. The second kappa shape index (κ2) is 8.12. The van der Waals surface area contributed by atoms with E-state index in [0.29, 0.717) is 5.13 Å². The van der Waals surface area contributed by atoms with Crippen molar-refractivity contribution >= 4 is 22.5 Å². The molecular weight excluding hydrogens is 324 g/mol. The van der Waals surface area contributed by atoms with E-state index in [9.17, 15) is 4.79 Å². The highest BCUT2D eigenvalue weighted by Crippen LogP contribution is 2.14. The summed E-state index contributed by atoms with van der Waals surface area (Å²) in [6.07, 6.45) is 2.70. The molecule has 0 atom stereocenters. The Balaban J connectivity index is 1.40. The van der Waals surface area contributed by atoms with E-state index in [4.69, 9.17) is 4.74 Å². The molecule has 2 heterocycles. The topological polar surface area (TPSA) is 57.7 Å². The molecule has 2 aromatic rings. The van der Waals surface area contributed by atoms with Crippen LogP contribution in [0.5, 0.6) is 5.75 Å². The number of nitrogens with one attached hydrogen (secondary N) is 1. The van der Waals surface area contributed by atoms with E-state index in [1.54, 1.807) is 13.3 Å². The fourth-order valence-corrected chi connectivity index (χ4v) is 3.23. The highest BCUT2D eigenvalue weighted by Gasteiger charge is 2.21. The third-order valence-corrected chi connectivity index (χ3v) is 4.87. The number of carbonyl (C=O) groups excluding carboxylic acids is 1. The summed E-state index contributed by atoms with van der Waals surface area (Å²) in [5.74, 6) is 0.888. The third kappa shape index (κ3) is 4.46. The lowest BCUT2D eigenvalue weighted by atomic mass is 10.1. The number of thiazole rings is 1. The molecule has 1 N–H and O–H groups in total. The maximum Gasteiger partial charge on any atom is 0.323 e. The number of ether oxygens (including phenoxy) is 1. The summed E-state index contributed by atoms with van der Waals surface area (Å²) in [6, 6.07) is 8.15. The molecule has 0 unspecified atom stereocenters. The van der Waals surface area contributed by atoms with Gasteiger partial charge in [-0.1, -0.05) is 12.1 Å². The summed E-state index contributed by atoms with van der Waals surface area (Å²) in [6.45, 7) is 4.32. The van der Waals surface area contributed by atoms with Gasteiger partial charge in [-0.25, -0.2) is 9.78 Å². The molecule has 2 amide bonds. The molecule has 1 aromatic heterocycles. The van der Waals surface area contributed by atoms with Gasteiger partial charge in [-0.2, -0.15) is 0 Å². The Morgan fingerprint density at radius 3 is 2.62 bits per heavy atom. The number of hydrogen-bond donors (Lipinski definition) is 1. The number of nitrogens with zero attached hydrogens (tertiary/aromatic N) is 3. The first-order valence-electron chi connectivity index (χ1n) is 8.05. The quantitative estimate of drug-likeness (QED) is 0.904. The highest BCUT2D eigenvalue weighted by atomic mass is 32.1. The Kier molecular flexibility index (Phi) is 5.66. The molecule has 24 heavy (non-hydrogen) atoms. The Labute approximate surface area is 146 Å². The van der Waals surface area contributed by atoms with Crippen molar-refractivity contribution in [3.05, 3.63) is 41.4 Å². The number of rotatable bonds is 5. The first-order chi connectivity index (χ1) is 11.7. The number of carbonyl (C=O) groups is 1. The Hall–Kier alpha value is -2.12. The van der Waals surface area contributed by atoms with Crippen LogP contribution in [-0.2, 0) is 6.42 Å². The lowest BCUT2D eigenvalue weighted by molar-refractivity contribution is 0.148. The number of aromatic nitrogens is 1. The number of methoxy groups -OCH3 is 1. The number of amides is 2. The van der Waals surface area contributed by atoms with Crippen molar-refractivity contribution in [2.75, 3.05) is 45.2 Å². The molecule has 0 aliphatic carbocycles. The van der Waals surface area contributed by atoms with E-state index in [-0.39, 0.29) is 6.03 Å². The molecule has 1 aliphatic rings. The zero-order valence-electron chi connectivity index (χ0n) is 13.8. The standard InChI is InChI=1S/C17H22N4O2S/c1-23-15-4-2-14(3-5-15)6-8-20-9-11-21(12-10-20)17(22)19-16-18-7-13-24-16/h2-5,7,13H,6,8-12H2,1H3,(H,18,19,22). The Morgan fingerprint density at radius 1 is 1.25 bits per heavy atom. The van der Waals surface area contributed by atoms with Crippen molar-refractivity contribution < 1.29 is 9.53 Å². The SMILES string of the molecule is COc1ccc(CCN2CCN(C(=O)Nc3nccs3)CC2)cc1. The van der Waals surface area contributed by atoms with Crippen molar-refractivity contribution in [1.82, 2.24) is 14.8 Å². The number of piperazine rings is 1. The smallest absolute Gasteiger partial charge is 0.323 e. The molecule has 1 aliphatic heterocycles. The van der Waals surface area contributed by atoms with Gasteiger partial charge in [0.05, 0.1) is 7.11 Å². The normalized spacial score (nSPS) is 15.3. The van der Waals surface area contributed by atoms with Crippen LogP contribution in [0, 0.1) is 0 Å². The minimum atomic E-state index is -0.0558. The summed E-state index contributed by atoms with van der Waals surface area (Å²) in [5, 5.41) is 5.35. The minimum absolute atomic E-state index is 0.0558. The van der Waals surface area contributed by atoms with Gasteiger partial charge in [0.2, 0.25) is 0 Å². The van der Waals surface area contributed by atoms with E-state index < -0.39 is 0 Å². The van der Waals surface area contributed by atoms with Gasteiger partial charge in [0.1, 0.15) is 5.75 Å². The molecule has 0 bridgehead atoms. The molecule has 6 nitrogen and oxygen atoms in total. The van der Waals surface area contributed by atoms with Crippen LogP contribution in [-0.4, -0.2) is 60.6 Å². The van der Waals surface area contributed by atoms with Gasteiger partial charge in [-0.3, -0.25) is 10.2 Å². The number of urea groups is 1. The van der Waals surface area contributed by atoms with E-state index in [1.165, 1.54) is 16.9 Å². The van der Waals surface area contributed by atoms with Crippen LogP contribution < -0.4 is 10.1 Å². The van der Waals surface area contributed by atoms with Crippen LogP contribution in [0.25, 0.3) is 0 Å². The summed E-state index contributed by atoms with van der Waals surface area (Å²) in [4.78, 5) is 20.5. The summed E-state index contributed by atoms with van der Waals surface area (Å²) in [5.41, 5.74) is 1.31. The predicted molar refractivity (Wildman–Crippen MR) is 95.8 cm³/mol.